The summed E-state index contributed by atoms with van der Waals surface area (Å²) in [6, 6.07) is 0. The second-order valence-corrected chi connectivity index (χ2v) is 3.64. The van der Waals surface area contributed by atoms with Crippen molar-refractivity contribution in [3.63, 3.8) is 0 Å². The minimum absolute atomic E-state index is 0.180. The van der Waals surface area contributed by atoms with E-state index in [0.717, 1.165) is 4.68 Å². The van der Waals surface area contributed by atoms with Crippen LogP contribution in [0.25, 0.3) is 0 Å². The first-order valence-corrected chi connectivity index (χ1v) is 4.83. The average Bonchev–Trinajstić information content (AvgIpc) is 2.44. The highest BCUT2D eigenvalue weighted by Gasteiger charge is 2.61. The van der Waals surface area contributed by atoms with Gasteiger partial charge >= 0.3 is 12.1 Å². The molecule has 0 amide bonds. The summed E-state index contributed by atoms with van der Waals surface area (Å²) in [7, 11) is 0. The molecule has 1 aromatic rings. The van der Waals surface area contributed by atoms with Gasteiger partial charge < -0.3 is 0 Å². The van der Waals surface area contributed by atoms with Crippen LogP contribution >= 0.6 is 22.6 Å². The molecule has 3 nitrogen and oxygen atoms in total. The number of hydrogen-bond donors (Lipinski definition) is 0. The number of halogens is 6. The molecule has 0 aliphatic carbocycles. The van der Waals surface area contributed by atoms with Crippen LogP contribution in [0.5, 0.6) is 0 Å². The molecule has 9 heteroatoms. The SMILES string of the molecule is CCn1nnc(C(F)(F)C(F)(F)F)c1I. The molecular weight excluding hydrogens is 336 g/mol. The molecule has 15 heavy (non-hydrogen) atoms. The van der Waals surface area contributed by atoms with Gasteiger partial charge in [0.15, 0.2) is 5.69 Å². The lowest BCUT2D eigenvalue weighted by Gasteiger charge is -2.17. The Kier molecular flexibility index (Phi) is 3.22. The standard InChI is InChI=1S/C6H5F5IN3/c1-2-15-4(12)3(13-14-15)5(7,8)6(9,10)11/h2H2,1H3. The first-order chi connectivity index (χ1) is 6.71. The van der Waals surface area contributed by atoms with Gasteiger partial charge in [0.05, 0.1) is 0 Å². The Morgan fingerprint density at radius 3 is 2.13 bits per heavy atom. The maximum atomic E-state index is 12.8. The van der Waals surface area contributed by atoms with E-state index < -0.39 is 17.8 Å². The van der Waals surface area contributed by atoms with E-state index >= 15 is 0 Å². The van der Waals surface area contributed by atoms with E-state index in [0.29, 0.717) is 0 Å². The van der Waals surface area contributed by atoms with Crippen molar-refractivity contribution in [3.8, 4) is 0 Å². The summed E-state index contributed by atoms with van der Waals surface area (Å²) in [6.07, 6.45) is -5.65. The van der Waals surface area contributed by atoms with Gasteiger partial charge in [0.2, 0.25) is 0 Å². The van der Waals surface area contributed by atoms with Gasteiger partial charge in [-0.1, -0.05) is 5.21 Å². The Bertz CT molecular complexity index is 358. The summed E-state index contributed by atoms with van der Waals surface area (Å²) in [5.41, 5.74) is -1.35. The highest BCUT2D eigenvalue weighted by atomic mass is 127. The highest BCUT2D eigenvalue weighted by Crippen LogP contribution is 2.44. The van der Waals surface area contributed by atoms with E-state index in [-0.39, 0.29) is 10.2 Å². The van der Waals surface area contributed by atoms with Crippen LogP contribution < -0.4 is 0 Å². The van der Waals surface area contributed by atoms with Gasteiger partial charge in [-0.2, -0.15) is 22.0 Å². The summed E-state index contributed by atoms with van der Waals surface area (Å²) in [6.45, 7) is 1.74. The van der Waals surface area contributed by atoms with Crippen LogP contribution in [-0.2, 0) is 12.5 Å². The Morgan fingerprint density at radius 2 is 1.80 bits per heavy atom. The van der Waals surface area contributed by atoms with Crippen LogP contribution in [0.3, 0.4) is 0 Å². The second kappa shape index (κ2) is 3.83. The molecule has 0 aromatic carbocycles. The molecule has 0 spiro atoms. The zero-order chi connectivity index (χ0) is 11.9. The fourth-order valence-electron chi connectivity index (χ4n) is 0.830. The van der Waals surface area contributed by atoms with Crippen LogP contribution in [0.1, 0.15) is 12.6 Å². The van der Waals surface area contributed by atoms with Crippen molar-refractivity contribution in [1.82, 2.24) is 15.0 Å². The van der Waals surface area contributed by atoms with Gasteiger partial charge in [-0.15, -0.1) is 5.10 Å². The second-order valence-electron chi connectivity index (χ2n) is 2.62. The molecule has 0 atom stereocenters. The van der Waals surface area contributed by atoms with E-state index in [9.17, 15) is 22.0 Å². The zero-order valence-electron chi connectivity index (χ0n) is 7.32. The van der Waals surface area contributed by atoms with E-state index in [1.54, 1.807) is 6.92 Å². The fraction of sp³-hybridized carbons (Fsp3) is 0.667. The normalized spacial score (nSPS) is 13.3. The minimum Gasteiger partial charge on any atom is -0.239 e. The van der Waals surface area contributed by atoms with Crippen molar-refractivity contribution < 1.29 is 22.0 Å². The monoisotopic (exact) mass is 341 g/mol. The Labute approximate surface area is 94.8 Å². The quantitative estimate of drug-likeness (QED) is 0.612. The van der Waals surface area contributed by atoms with Crippen molar-refractivity contribution in [1.29, 1.82) is 0 Å². The zero-order valence-corrected chi connectivity index (χ0v) is 9.47. The molecule has 0 N–H and O–H groups in total. The number of aryl methyl sites for hydroxylation is 1. The topological polar surface area (TPSA) is 30.7 Å². The molecule has 86 valence electrons. The van der Waals surface area contributed by atoms with Gasteiger partial charge in [0.1, 0.15) is 3.70 Å². The average molecular weight is 341 g/mol. The predicted molar refractivity (Wildman–Crippen MR) is 48.4 cm³/mol. The van der Waals surface area contributed by atoms with Gasteiger partial charge in [0.25, 0.3) is 0 Å². The molecule has 0 bridgehead atoms. The van der Waals surface area contributed by atoms with Crippen molar-refractivity contribution in [2.45, 2.75) is 25.6 Å². The lowest BCUT2D eigenvalue weighted by Crippen LogP contribution is -2.34. The predicted octanol–water partition coefficient (Wildman–Crippen LogP) is 2.56. The fourth-order valence-corrected chi connectivity index (χ4v) is 1.71. The molecule has 0 radical (unpaired) electrons. The molecule has 1 heterocycles. The Balaban J connectivity index is 3.22. The first-order valence-electron chi connectivity index (χ1n) is 3.75. The van der Waals surface area contributed by atoms with Gasteiger partial charge in [0, 0.05) is 6.54 Å². The number of nitrogens with zero attached hydrogens (tertiary/aromatic N) is 3. The molecule has 0 aliphatic rings. The van der Waals surface area contributed by atoms with Gasteiger partial charge in [-0.3, -0.25) is 0 Å². The molecule has 0 unspecified atom stereocenters. The Morgan fingerprint density at radius 1 is 1.27 bits per heavy atom. The molecule has 1 aromatic heterocycles. The minimum atomic E-state index is -5.65. The van der Waals surface area contributed by atoms with Gasteiger partial charge in [-0.05, 0) is 29.5 Å². The van der Waals surface area contributed by atoms with Crippen molar-refractivity contribution in [2.24, 2.45) is 0 Å². The maximum Gasteiger partial charge on any atom is 0.459 e. The highest BCUT2D eigenvalue weighted by molar-refractivity contribution is 14.1. The van der Waals surface area contributed by atoms with E-state index in [2.05, 4.69) is 10.3 Å². The molecule has 0 fully saturated rings. The molecule has 0 saturated heterocycles. The van der Waals surface area contributed by atoms with Crippen LogP contribution in [0.4, 0.5) is 22.0 Å². The number of aromatic nitrogens is 3. The molecule has 1 rings (SSSR count). The van der Waals surface area contributed by atoms with Crippen LogP contribution in [0, 0.1) is 3.70 Å². The van der Waals surface area contributed by atoms with Crippen LogP contribution in [0.15, 0.2) is 0 Å². The lowest BCUT2D eigenvalue weighted by atomic mass is 10.2. The summed E-state index contributed by atoms with van der Waals surface area (Å²) in [4.78, 5) is 0. The summed E-state index contributed by atoms with van der Waals surface area (Å²) in [5.74, 6) is -4.96. The number of hydrogen-bond acceptors (Lipinski definition) is 2. The molecule has 0 aliphatic heterocycles. The third kappa shape index (κ3) is 2.06. The van der Waals surface area contributed by atoms with Gasteiger partial charge in [-0.25, -0.2) is 4.68 Å². The first kappa shape index (κ1) is 12.6. The number of rotatable bonds is 2. The maximum absolute atomic E-state index is 12.8. The van der Waals surface area contributed by atoms with Crippen molar-refractivity contribution in [2.75, 3.05) is 0 Å². The largest absolute Gasteiger partial charge is 0.459 e. The van der Waals surface area contributed by atoms with E-state index in [4.69, 9.17) is 0 Å². The van der Waals surface area contributed by atoms with Crippen molar-refractivity contribution in [3.05, 3.63) is 9.39 Å². The van der Waals surface area contributed by atoms with E-state index in [1.165, 1.54) is 22.6 Å². The molecular formula is C6H5F5IN3. The van der Waals surface area contributed by atoms with Crippen LogP contribution in [0.2, 0.25) is 0 Å². The smallest absolute Gasteiger partial charge is 0.239 e. The summed E-state index contributed by atoms with van der Waals surface area (Å²) < 4.78 is 62.3. The number of alkyl halides is 5. The summed E-state index contributed by atoms with van der Waals surface area (Å²) in [5, 5.41) is 6.05. The summed E-state index contributed by atoms with van der Waals surface area (Å²) >= 11 is 1.36. The van der Waals surface area contributed by atoms with Crippen molar-refractivity contribution >= 4 is 22.6 Å². The van der Waals surface area contributed by atoms with E-state index in [1.807, 2.05) is 0 Å². The lowest BCUT2D eigenvalue weighted by molar-refractivity contribution is -0.291. The third-order valence-corrected chi connectivity index (χ3v) is 2.70. The third-order valence-electron chi connectivity index (χ3n) is 1.63. The molecule has 0 saturated carbocycles. The Hall–Kier alpha value is -0.480. The van der Waals surface area contributed by atoms with Crippen LogP contribution in [-0.4, -0.2) is 21.2 Å².